The van der Waals surface area contributed by atoms with Gasteiger partial charge in [-0.3, -0.25) is 4.72 Å². The minimum atomic E-state index is -3.59. The highest BCUT2D eigenvalue weighted by atomic mass is 32.2. The molecule has 0 bridgehead atoms. The molecule has 5 heteroatoms. The number of hydrogen-bond donors (Lipinski definition) is 2. The second kappa shape index (κ2) is 5.32. The molecule has 0 aromatic heterocycles. The SMILES string of the molecule is CNc1ccccc1S(=O)(=O)Nc1ccccc1C. The Balaban J connectivity index is 2.41. The second-order valence-corrected chi connectivity index (χ2v) is 5.82. The number of aryl methyl sites for hydroxylation is 1. The highest BCUT2D eigenvalue weighted by Crippen LogP contribution is 2.24. The van der Waals surface area contributed by atoms with E-state index >= 15 is 0 Å². The second-order valence-electron chi connectivity index (χ2n) is 4.17. The smallest absolute Gasteiger partial charge is 0.263 e. The van der Waals surface area contributed by atoms with E-state index < -0.39 is 10.0 Å². The summed E-state index contributed by atoms with van der Waals surface area (Å²) in [4.78, 5) is 0.237. The average Bonchev–Trinajstić information content (AvgIpc) is 2.41. The highest BCUT2D eigenvalue weighted by Gasteiger charge is 2.18. The molecule has 0 heterocycles. The van der Waals surface area contributed by atoms with Crippen LogP contribution >= 0.6 is 0 Å². The molecule has 0 aliphatic heterocycles. The normalized spacial score (nSPS) is 11.1. The molecule has 19 heavy (non-hydrogen) atoms. The third-order valence-electron chi connectivity index (χ3n) is 2.84. The van der Waals surface area contributed by atoms with E-state index in [1.807, 2.05) is 19.1 Å². The average molecular weight is 276 g/mol. The molecule has 0 fully saturated rings. The molecular weight excluding hydrogens is 260 g/mol. The third kappa shape index (κ3) is 2.88. The fourth-order valence-electron chi connectivity index (χ4n) is 1.79. The van der Waals surface area contributed by atoms with Gasteiger partial charge in [-0.25, -0.2) is 8.42 Å². The quantitative estimate of drug-likeness (QED) is 0.902. The Bertz CT molecular complexity index is 681. The molecule has 0 radical (unpaired) electrons. The van der Waals surface area contributed by atoms with Crippen LogP contribution in [-0.2, 0) is 10.0 Å². The van der Waals surface area contributed by atoms with Crippen LogP contribution < -0.4 is 10.0 Å². The van der Waals surface area contributed by atoms with Crippen LogP contribution in [0.1, 0.15) is 5.56 Å². The van der Waals surface area contributed by atoms with Crippen molar-refractivity contribution in [1.29, 1.82) is 0 Å². The predicted octanol–water partition coefficient (Wildman–Crippen LogP) is 2.84. The van der Waals surface area contributed by atoms with Gasteiger partial charge in [0.1, 0.15) is 4.90 Å². The van der Waals surface area contributed by atoms with Gasteiger partial charge in [-0.15, -0.1) is 0 Å². The number of nitrogens with one attached hydrogen (secondary N) is 2. The van der Waals surface area contributed by atoms with Crippen LogP contribution in [0.5, 0.6) is 0 Å². The maximum atomic E-state index is 12.4. The number of anilines is 2. The van der Waals surface area contributed by atoms with Crippen LogP contribution in [0.4, 0.5) is 11.4 Å². The molecule has 2 N–H and O–H groups in total. The molecule has 0 aliphatic carbocycles. The molecule has 0 atom stereocenters. The Morgan fingerprint density at radius 2 is 1.47 bits per heavy atom. The first-order valence-electron chi connectivity index (χ1n) is 5.90. The van der Waals surface area contributed by atoms with Crippen molar-refractivity contribution in [1.82, 2.24) is 0 Å². The molecular formula is C14H16N2O2S. The minimum Gasteiger partial charge on any atom is -0.387 e. The van der Waals surface area contributed by atoms with Gasteiger partial charge in [0.05, 0.1) is 11.4 Å². The lowest BCUT2D eigenvalue weighted by Gasteiger charge is -2.13. The van der Waals surface area contributed by atoms with Gasteiger partial charge >= 0.3 is 0 Å². The number of hydrogen-bond acceptors (Lipinski definition) is 3. The molecule has 2 aromatic carbocycles. The Morgan fingerprint density at radius 1 is 0.895 bits per heavy atom. The van der Waals surface area contributed by atoms with Crippen LogP contribution in [0.2, 0.25) is 0 Å². The number of rotatable bonds is 4. The van der Waals surface area contributed by atoms with Crippen LogP contribution in [0.15, 0.2) is 53.4 Å². The zero-order valence-corrected chi connectivity index (χ0v) is 11.7. The van der Waals surface area contributed by atoms with Crippen molar-refractivity contribution in [3.05, 3.63) is 54.1 Å². The van der Waals surface area contributed by atoms with Crippen molar-refractivity contribution in [2.24, 2.45) is 0 Å². The van der Waals surface area contributed by atoms with Crippen molar-refractivity contribution in [3.63, 3.8) is 0 Å². The maximum Gasteiger partial charge on any atom is 0.263 e. The van der Waals surface area contributed by atoms with E-state index in [-0.39, 0.29) is 4.90 Å². The highest BCUT2D eigenvalue weighted by molar-refractivity contribution is 7.92. The molecule has 100 valence electrons. The van der Waals surface area contributed by atoms with E-state index in [1.54, 1.807) is 43.4 Å². The standard InChI is InChI=1S/C14H16N2O2S/c1-11-7-3-4-8-12(11)16-19(17,18)14-10-6-5-9-13(14)15-2/h3-10,15-16H,1-2H3. The molecule has 0 spiro atoms. The van der Waals surface area contributed by atoms with Crippen molar-refractivity contribution < 1.29 is 8.42 Å². The Kier molecular flexibility index (Phi) is 3.76. The lowest BCUT2D eigenvalue weighted by molar-refractivity contribution is 0.601. The number of sulfonamides is 1. The zero-order valence-electron chi connectivity index (χ0n) is 10.8. The minimum absolute atomic E-state index is 0.237. The predicted molar refractivity (Wildman–Crippen MR) is 78.0 cm³/mol. The lowest BCUT2D eigenvalue weighted by Crippen LogP contribution is -2.15. The first-order chi connectivity index (χ1) is 9.04. The summed E-state index contributed by atoms with van der Waals surface area (Å²) in [6.45, 7) is 1.86. The van der Waals surface area contributed by atoms with Gasteiger partial charge in [-0.05, 0) is 30.7 Å². The molecule has 2 aromatic rings. The summed E-state index contributed by atoms with van der Waals surface area (Å²) >= 11 is 0. The van der Waals surface area contributed by atoms with Crippen molar-refractivity contribution in [3.8, 4) is 0 Å². The summed E-state index contributed by atoms with van der Waals surface area (Å²) in [5.41, 5.74) is 2.05. The van der Waals surface area contributed by atoms with Crippen LogP contribution in [0.3, 0.4) is 0 Å². The van der Waals surface area contributed by atoms with Gasteiger partial charge in [0.25, 0.3) is 10.0 Å². The molecule has 0 saturated heterocycles. The maximum absolute atomic E-state index is 12.4. The first-order valence-corrected chi connectivity index (χ1v) is 7.38. The van der Waals surface area contributed by atoms with Gasteiger partial charge < -0.3 is 5.32 Å². The number of benzene rings is 2. The molecule has 0 unspecified atom stereocenters. The van der Waals surface area contributed by atoms with Crippen molar-refractivity contribution >= 4 is 21.4 Å². The lowest BCUT2D eigenvalue weighted by atomic mass is 10.2. The van der Waals surface area contributed by atoms with E-state index in [4.69, 9.17) is 0 Å². The molecule has 0 saturated carbocycles. The summed E-state index contributed by atoms with van der Waals surface area (Å²) in [5, 5.41) is 2.88. The Labute approximate surface area is 113 Å². The van der Waals surface area contributed by atoms with E-state index in [1.165, 1.54) is 0 Å². The summed E-state index contributed by atoms with van der Waals surface area (Å²) in [6.07, 6.45) is 0. The Morgan fingerprint density at radius 3 is 2.11 bits per heavy atom. The summed E-state index contributed by atoms with van der Waals surface area (Å²) in [6, 6.07) is 14.1. The van der Waals surface area contributed by atoms with Crippen LogP contribution in [0, 0.1) is 6.92 Å². The first kappa shape index (κ1) is 13.4. The zero-order chi connectivity index (χ0) is 13.9. The van der Waals surface area contributed by atoms with Gasteiger partial charge in [0, 0.05) is 7.05 Å². The van der Waals surface area contributed by atoms with E-state index in [0.717, 1.165) is 5.56 Å². The van der Waals surface area contributed by atoms with Crippen LogP contribution in [-0.4, -0.2) is 15.5 Å². The molecule has 0 amide bonds. The summed E-state index contributed by atoms with van der Waals surface area (Å²) < 4.78 is 27.4. The molecule has 0 aliphatic rings. The van der Waals surface area contributed by atoms with Gasteiger partial charge in [-0.2, -0.15) is 0 Å². The summed E-state index contributed by atoms with van der Waals surface area (Å²) in [5.74, 6) is 0. The topological polar surface area (TPSA) is 58.2 Å². The molecule has 4 nitrogen and oxygen atoms in total. The summed E-state index contributed by atoms with van der Waals surface area (Å²) in [7, 11) is -1.89. The Hall–Kier alpha value is -2.01. The largest absolute Gasteiger partial charge is 0.387 e. The van der Waals surface area contributed by atoms with E-state index in [9.17, 15) is 8.42 Å². The fraction of sp³-hybridized carbons (Fsp3) is 0.143. The van der Waals surface area contributed by atoms with E-state index in [2.05, 4.69) is 10.0 Å². The van der Waals surface area contributed by atoms with E-state index in [0.29, 0.717) is 11.4 Å². The molecule has 2 rings (SSSR count). The third-order valence-corrected chi connectivity index (χ3v) is 4.26. The number of para-hydroxylation sites is 2. The fourth-order valence-corrected chi connectivity index (χ4v) is 3.14. The van der Waals surface area contributed by atoms with Crippen LogP contribution in [0.25, 0.3) is 0 Å². The van der Waals surface area contributed by atoms with Gasteiger partial charge in [0.15, 0.2) is 0 Å². The van der Waals surface area contributed by atoms with Crippen molar-refractivity contribution in [2.75, 3.05) is 17.1 Å². The van der Waals surface area contributed by atoms with Crippen molar-refractivity contribution in [2.45, 2.75) is 11.8 Å². The van der Waals surface area contributed by atoms with Gasteiger partial charge in [0.2, 0.25) is 0 Å². The monoisotopic (exact) mass is 276 g/mol. The van der Waals surface area contributed by atoms with Gasteiger partial charge in [-0.1, -0.05) is 30.3 Å².